The van der Waals surface area contributed by atoms with Crippen molar-refractivity contribution in [3.8, 4) is 0 Å². The maximum absolute atomic E-state index is 14.6. The summed E-state index contributed by atoms with van der Waals surface area (Å²) in [5.74, 6) is -0.677. The van der Waals surface area contributed by atoms with E-state index in [4.69, 9.17) is 4.74 Å². The molecule has 4 aromatic rings. The van der Waals surface area contributed by atoms with Crippen molar-refractivity contribution < 1.29 is 22.3 Å². The summed E-state index contributed by atoms with van der Waals surface area (Å²) in [5, 5.41) is 3.47. The molecular formula is C27H24F4N4O2. The Labute approximate surface area is 209 Å². The first-order valence-electron chi connectivity index (χ1n) is 11.8. The molecule has 37 heavy (non-hydrogen) atoms. The van der Waals surface area contributed by atoms with Crippen LogP contribution in [0.15, 0.2) is 65.6 Å². The van der Waals surface area contributed by atoms with Crippen LogP contribution in [-0.2, 0) is 23.0 Å². The molecule has 3 heterocycles. The number of nitrogens with zero attached hydrogens (tertiary/aromatic N) is 3. The Bertz CT molecular complexity index is 1500. The number of halogens is 4. The van der Waals surface area contributed by atoms with E-state index in [9.17, 15) is 22.4 Å². The number of aryl methyl sites for hydroxylation is 1. The van der Waals surface area contributed by atoms with Gasteiger partial charge in [0.05, 0.1) is 22.0 Å². The molecule has 0 saturated carbocycles. The lowest BCUT2D eigenvalue weighted by molar-refractivity contribution is -0.140. The van der Waals surface area contributed by atoms with Gasteiger partial charge in [0.25, 0.3) is 5.56 Å². The maximum Gasteiger partial charge on any atom is 0.419 e. The average Bonchev–Trinajstić information content (AvgIpc) is 2.87. The minimum absolute atomic E-state index is 0.155. The first kappa shape index (κ1) is 24.9. The molecule has 0 spiro atoms. The molecule has 0 aliphatic carbocycles. The third kappa shape index (κ3) is 4.69. The number of fused-ring (bicyclic) bond motifs is 1. The van der Waals surface area contributed by atoms with Crippen molar-refractivity contribution in [2.45, 2.75) is 38.0 Å². The van der Waals surface area contributed by atoms with Crippen LogP contribution in [0.2, 0.25) is 0 Å². The lowest BCUT2D eigenvalue weighted by atomic mass is 9.82. The van der Waals surface area contributed by atoms with E-state index in [0.29, 0.717) is 54.7 Å². The van der Waals surface area contributed by atoms with Crippen molar-refractivity contribution in [2.75, 3.05) is 18.5 Å². The third-order valence-corrected chi connectivity index (χ3v) is 6.77. The molecule has 0 amide bonds. The Morgan fingerprint density at radius 2 is 1.78 bits per heavy atom. The number of pyridine rings is 1. The zero-order chi connectivity index (χ0) is 26.2. The fraction of sp³-hybridized carbons (Fsp3) is 0.296. The topological polar surface area (TPSA) is 69.0 Å². The number of benzene rings is 2. The average molecular weight is 513 g/mol. The number of nitrogens with one attached hydrogen (secondary N) is 1. The van der Waals surface area contributed by atoms with Gasteiger partial charge < -0.3 is 14.6 Å². The maximum atomic E-state index is 14.6. The molecule has 6 nitrogen and oxygen atoms in total. The first-order chi connectivity index (χ1) is 17.7. The molecule has 1 saturated heterocycles. The Balaban J connectivity index is 1.60. The van der Waals surface area contributed by atoms with Gasteiger partial charge in [0.1, 0.15) is 17.5 Å². The Morgan fingerprint density at radius 1 is 1.05 bits per heavy atom. The largest absolute Gasteiger partial charge is 0.419 e. The molecule has 10 heteroatoms. The van der Waals surface area contributed by atoms with Crippen LogP contribution >= 0.6 is 0 Å². The van der Waals surface area contributed by atoms with Crippen LogP contribution in [-0.4, -0.2) is 27.7 Å². The normalized spacial score (nSPS) is 15.6. The van der Waals surface area contributed by atoms with Gasteiger partial charge in [0.15, 0.2) is 0 Å². The molecule has 1 aliphatic rings. The standard InChI is InChI=1S/C27H24F4N4O2/c1-17-33-22-14-23(36)35(26(10-12-37-13-11-26)19-7-3-2-4-8-19)16-20(22)25(34-17)32-15-18-6-5-9-21(24(18)28)27(29,30)31/h2-9,14,16H,10-13,15H2,1H3,(H,32,33,34). The number of ether oxygens (including phenoxy) is 1. The van der Waals surface area contributed by atoms with Crippen molar-refractivity contribution in [1.29, 1.82) is 0 Å². The zero-order valence-corrected chi connectivity index (χ0v) is 20.0. The molecule has 0 unspecified atom stereocenters. The molecule has 5 rings (SSSR count). The van der Waals surface area contributed by atoms with E-state index < -0.39 is 23.1 Å². The number of rotatable bonds is 5. The van der Waals surface area contributed by atoms with Crippen molar-refractivity contribution in [3.63, 3.8) is 0 Å². The third-order valence-electron chi connectivity index (χ3n) is 6.77. The zero-order valence-electron chi connectivity index (χ0n) is 20.0. The van der Waals surface area contributed by atoms with Crippen molar-refractivity contribution >= 4 is 16.7 Å². The van der Waals surface area contributed by atoms with Gasteiger partial charge in [-0.2, -0.15) is 13.2 Å². The van der Waals surface area contributed by atoms with Crippen LogP contribution in [0.4, 0.5) is 23.4 Å². The number of hydrogen-bond acceptors (Lipinski definition) is 5. The van der Waals surface area contributed by atoms with Crippen LogP contribution < -0.4 is 10.9 Å². The molecular weight excluding hydrogens is 488 g/mol. The molecule has 1 fully saturated rings. The highest BCUT2D eigenvalue weighted by Crippen LogP contribution is 2.37. The summed E-state index contributed by atoms with van der Waals surface area (Å²) in [6.07, 6.45) is -1.97. The molecule has 2 aromatic carbocycles. The summed E-state index contributed by atoms with van der Waals surface area (Å²) in [7, 11) is 0. The van der Waals surface area contributed by atoms with E-state index in [-0.39, 0.29) is 17.7 Å². The number of anilines is 1. The van der Waals surface area contributed by atoms with Crippen LogP contribution in [0.1, 0.15) is 35.4 Å². The number of alkyl halides is 3. The minimum atomic E-state index is -4.80. The Hall–Kier alpha value is -3.79. The van der Waals surface area contributed by atoms with Gasteiger partial charge in [-0.05, 0) is 31.4 Å². The highest BCUT2D eigenvalue weighted by atomic mass is 19.4. The predicted molar refractivity (Wildman–Crippen MR) is 131 cm³/mol. The van der Waals surface area contributed by atoms with Crippen molar-refractivity contribution in [1.82, 2.24) is 14.5 Å². The quantitative estimate of drug-likeness (QED) is 0.362. The molecule has 0 radical (unpaired) electrons. The van der Waals surface area contributed by atoms with Crippen LogP contribution in [0, 0.1) is 12.7 Å². The fourth-order valence-corrected chi connectivity index (χ4v) is 4.93. The SMILES string of the molecule is Cc1nc(NCc2cccc(C(F)(F)F)c2F)c2cn(C3(c4ccccc4)CCOCC3)c(=O)cc2n1. The van der Waals surface area contributed by atoms with Gasteiger partial charge >= 0.3 is 6.18 Å². The summed E-state index contributed by atoms with van der Waals surface area (Å²) >= 11 is 0. The smallest absolute Gasteiger partial charge is 0.381 e. The summed E-state index contributed by atoms with van der Waals surface area (Å²) in [5.41, 5.74) is -1.03. The van der Waals surface area contributed by atoms with E-state index in [0.717, 1.165) is 5.56 Å². The fourth-order valence-electron chi connectivity index (χ4n) is 4.93. The molecule has 1 N–H and O–H groups in total. The van der Waals surface area contributed by atoms with E-state index >= 15 is 0 Å². The van der Waals surface area contributed by atoms with Crippen molar-refractivity contribution in [3.05, 3.63) is 99.5 Å². The second-order valence-electron chi connectivity index (χ2n) is 9.04. The van der Waals surface area contributed by atoms with Gasteiger partial charge in [-0.15, -0.1) is 0 Å². The molecule has 0 atom stereocenters. The summed E-state index contributed by atoms with van der Waals surface area (Å²) in [4.78, 5) is 22.2. The number of aromatic nitrogens is 3. The van der Waals surface area contributed by atoms with Gasteiger partial charge in [0.2, 0.25) is 0 Å². The van der Waals surface area contributed by atoms with E-state index in [2.05, 4.69) is 15.3 Å². The second-order valence-corrected chi connectivity index (χ2v) is 9.04. The Kier molecular flexibility index (Phi) is 6.45. The minimum Gasteiger partial charge on any atom is -0.381 e. The molecule has 0 bridgehead atoms. The second kappa shape index (κ2) is 9.59. The van der Waals surface area contributed by atoms with E-state index in [1.54, 1.807) is 17.7 Å². The van der Waals surface area contributed by atoms with Gasteiger partial charge in [0, 0.05) is 37.6 Å². The summed E-state index contributed by atoms with van der Waals surface area (Å²) in [6.45, 7) is 2.36. The van der Waals surface area contributed by atoms with Crippen LogP contribution in [0.25, 0.3) is 10.9 Å². The van der Waals surface area contributed by atoms with Gasteiger partial charge in [-0.1, -0.05) is 42.5 Å². The van der Waals surface area contributed by atoms with E-state index in [1.165, 1.54) is 18.2 Å². The molecule has 2 aromatic heterocycles. The summed E-state index contributed by atoms with van der Waals surface area (Å²) in [6, 6.07) is 14.3. The Morgan fingerprint density at radius 3 is 2.49 bits per heavy atom. The van der Waals surface area contributed by atoms with Crippen molar-refractivity contribution in [2.24, 2.45) is 0 Å². The highest BCUT2D eigenvalue weighted by molar-refractivity contribution is 5.88. The van der Waals surface area contributed by atoms with E-state index in [1.807, 2.05) is 30.3 Å². The lowest BCUT2D eigenvalue weighted by Crippen LogP contribution is -2.45. The lowest BCUT2D eigenvalue weighted by Gasteiger charge is -2.39. The summed E-state index contributed by atoms with van der Waals surface area (Å²) < 4.78 is 61.4. The molecule has 192 valence electrons. The molecule has 1 aliphatic heterocycles. The monoisotopic (exact) mass is 512 g/mol. The highest BCUT2D eigenvalue weighted by Gasteiger charge is 2.37. The number of hydrogen-bond donors (Lipinski definition) is 1. The van der Waals surface area contributed by atoms with Crippen LogP contribution in [0.5, 0.6) is 0 Å². The predicted octanol–water partition coefficient (Wildman–Crippen LogP) is 5.42. The van der Waals surface area contributed by atoms with Gasteiger partial charge in [-0.3, -0.25) is 4.79 Å². The van der Waals surface area contributed by atoms with Gasteiger partial charge in [-0.25, -0.2) is 14.4 Å². The first-order valence-corrected chi connectivity index (χ1v) is 11.8. The van der Waals surface area contributed by atoms with Crippen LogP contribution in [0.3, 0.4) is 0 Å².